The summed E-state index contributed by atoms with van der Waals surface area (Å²) in [7, 11) is 1.51. The normalized spacial score (nSPS) is 15.5. The van der Waals surface area contributed by atoms with Crippen molar-refractivity contribution in [2.75, 3.05) is 18.6 Å². The zero-order valence-corrected chi connectivity index (χ0v) is 22.4. The van der Waals surface area contributed by atoms with Crippen molar-refractivity contribution in [3.8, 4) is 11.5 Å². The van der Waals surface area contributed by atoms with E-state index in [9.17, 15) is 14.7 Å². The molecule has 3 aromatic carbocycles. The van der Waals surface area contributed by atoms with Gasteiger partial charge in [-0.05, 0) is 55.0 Å². The largest absolute Gasteiger partial charge is 0.503 e. The molecule has 1 aliphatic heterocycles. The van der Waals surface area contributed by atoms with Gasteiger partial charge in [-0.1, -0.05) is 47.2 Å². The molecule has 196 valence electrons. The lowest BCUT2D eigenvalue weighted by molar-refractivity contribution is -0.117. The Kier molecular flexibility index (Phi) is 6.25. The minimum Gasteiger partial charge on any atom is -0.503 e. The van der Waals surface area contributed by atoms with Crippen molar-refractivity contribution in [2.45, 2.75) is 13.0 Å². The number of para-hydroxylation sites is 1. The first-order valence-electron chi connectivity index (χ1n) is 12.1. The maximum atomic E-state index is 13.9. The molecule has 1 aliphatic rings. The van der Waals surface area contributed by atoms with Gasteiger partial charge in [0.2, 0.25) is 5.78 Å². The number of benzene rings is 3. The third kappa shape index (κ3) is 4.20. The molecule has 39 heavy (non-hydrogen) atoms. The van der Waals surface area contributed by atoms with Crippen LogP contribution in [0.15, 0.2) is 82.5 Å². The fourth-order valence-corrected chi connectivity index (χ4v) is 5.94. The molecular formula is C29H21ClN2O6S. The predicted octanol–water partition coefficient (Wildman–Crippen LogP) is 6.89. The minimum absolute atomic E-state index is 0.0385. The van der Waals surface area contributed by atoms with Crippen molar-refractivity contribution in [1.82, 2.24) is 4.98 Å². The number of aliphatic hydroxyl groups is 1. The van der Waals surface area contributed by atoms with Crippen molar-refractivity contribution >= 4 is 60.9 Å². The number of carbonyl (C=O) groups is 2. The number of nitrogens with zero attached hydrogens (tertiary/aromatic N) is 2. The van der Waals surface area contributed by atoms with Gasteiger partial charge in [-0.25, -0.2) is 4.98 Å². The average Bonchev–Trinajstić information content (AvgIpc) is 3.62. The van der Waals surface area contributed by atoms with Crippen LogP contribution in [0.25, 0.3) is 21.2 Å². The Bertz CT molecular complexity index is 1810. The summed E-state index contributed by atoms with van der Waals surface area (Å²) in [4.78, 5) is 33.4. The van der Waals surface area contributed by atoms with E-state index in [0.717, 1.165) is 4.70 Å². The Labute approximate surface area is 231 Å². The van der Waals surface area contributed by atoms with E-state index in [-0.39, 0.29) is 11.3 Å². The van der Waals surface area contributed by atoms with Gasteiger partial charge in [0.15, 0.2) is 28.0 Å². The Morgan fingerprint density at radius 3 is 2.74 bits per heavy atom. The van der Waals surface area contributed by atoms with E-state index < -0.39 is 23.5 Å². The molecule has 5 aromatic rings. The number of halogens is 1. The van der Waals surface area contributed by atoms with Gasteiger partial charge in [-0.15, -0.1) is 0 Å². The number of ketones is 1. The van der Waals surface area contributed by atoms with E-state index >= 15 is 0 Å². The summed E-state index contributed by atoms with van der Waals surface area (Å²) in [6, 6.07) is 18.1. The number of hydrogen-bond donors (Lipinski definition) is 1. The van der Waals surface area contributed by atoms with Crippen LogP contribution in [0.4, 0.5) is 5.13 Å². The van der Waals surface area contributed by atoms with Crippen LogP contribution in [0.1, 0.15) is 29.1 Å². The lowest BCUT2D eigenvalue weighted by Gasteiger charge is -2.24. The predicted molar refractivity (Wildman–Crippen MR) is 149 cm³/mol. The van der Waals surface area contributed by atoms with Crippen molar-refractivity contribution in [3.05, 3.63) is 94.4 Å². The van der Waals surface area contributed by atoms with Crippen molar-refractivity contribution < 1.29 is 28.6 Å². The number of Topliss-reactive ketones (excluding diaryl/α,β-unsaturated/α-hetero) is 1. The Morgan fingerprint density at radius 2 is 1.97 bits per heavy atom. The Hall–Kier alpha value is -4.34. The summed E-state index contributed by atoms with van der Waals surface area (Å²) in [6.45, 7) is 2.40. The van der Waals surface area contributed by atoms with E-state index in [4.69, 9.17) is 25.5 Å². The molecule has 0 saturated carbocycles. The SMILES string of the molecule is CCOc1ccc2nc(N3C(=O)C(O)=C(C(=O)c4cc5cccc(OC)c5o4)C3c3cccc(Cl)c3)sc2c1. The van der Waals surface area contributed by atoms with Gasteiger partial charge in [-0.2, -0.15) is 0 Å². The number of amides is 1. The zero-order chi connectivity index (χ0) is 27.3. The lowest BCUT2D eigenvalue weighted by Crippen LogP contribution is -2.30. The first kappa shape index (κ1) is 25.0. The van der Waals surface area contributed by atoms with Crippen LogP contribution in [0.5, 0.6) is 11.5 Å². The van der Waals surface area contributed by atoms with Crippen LogP contribution in [-0.4, -0.2) is 35.5 Å². The van der Waals surface area contributed by atoms with E-state index in [2.05, 4.69) is 4.98 Å². The van der Waals surface area contributed by atoms with E-state index in [1.807, 2.05) is 13.0 Å². The molecule has 0 fully saturated rings. The lowest BCUT2D eigenvalue weighted by atomic mass is 9.95. The number of carbonyl (C=O) groups excluding carboxylic acids is 2. The zero-order valence-electron chi connectivity index (χ0n) is 20.8. The van der Waals surface area contributed by atoms with Crippen molar-refractivity contribution in [3.63, 3.8) is 0 Å². The molecule has 0 saturated heterocycles. The van der Waals surface area contributed by atoms with Crippen molar-refractivity contribution in [1.29, 1.82) is 0 Å². The van der Waals surface area contributed by atoms with Crippen LogP contribution in [0.2, 0.25) is 5.02 Å². The molecule has 1 atom stereocenters. The second-order valence-corrected chi connectivity index (χ2v) is 10.2. The Morgan fingerprint density at radius 1 is 1.15 bits per heavy atom. The molecule has 0 aliphatic carbocycles. The molecule has 0 spiro atoms. The number of ether oxygens (including phenoxy) is 2. The van der Waals surface area contributed by atoms with Gasteiger partial charge in [0.05, 0.1) is 35.5 Å². The van der Waals surface area contributed by atoms with Crippen LogP contribution >= 0.6 is 22.9 Å². The highest BCUT2D eigenvalue weighted by Crippen LogP contribution is 2.45. The molecule has 0 bridgehead atoms. The molecule has 1 unspecified atom stereocenters. The third-order valence-electron chi connectivity index (χ3n) is 6.43. The maximum absolute atomic E-state index is 13.9. The Balaban J connectivity index is 1.49. The monoisotopic (exact) mass is 560 g/mol. The summed E-state index contributed by atoms with van der Waals surface area (Å²) in [5, 5.41) is 12.5. The second-order valence-electron chi connectivity index (χ2n) is 8.77. The van der Waals surface area contributed by atoms with E-state index in [1.165, 1.54) is 23.3 Å². The minimum atomic E-state index is -0.995. The quantitative estimate of drug-likeness (QED) is 0.216. The summed E-state index contributed by atoms with van der Waals surface area (Å²) in [5.41, 5.74) is 1.45. The summed E-state index contributed by atoms with van der Waals surface area (Å²) >= 11 is 7.56. The molecule has 10 heteroatoms. The number of furan rings is 1. The number of rotatable bonds is 7. The van der Waals surface area contributed by atoms with Crippen LogP contribution in [0, 0.1) is 0 Å². The highest BCUT2D eigenvalue weighted by molar-refractivity contribution is 7.22. The summed E-state index contributed by atoms with van der Waals surface area (Å²) < 4.78 is 17.6. The smallest absolute Gasteiger partial charge is 0.296 e. The molecule has 1 N–H and O–H groups in total. The number of hydrogen-bond acceptors (Lipinski definition) is 8. The van der Waals surface area contributed by atoms with Gasteiger partial charge >= 0.3 is 0 Å². The van der Waals surface area contributed by atoms with Crippen LogP contribution in [0.3, 0.4) is 0 Å². The topological polar surface area (TPSA) is 102 Å². The standard InChI is InChI=1S/C29H21ClN2O6S/c1-3-37-18-10-11-19-22(14-18)39-29(31-19)32-24(15-6-4-8-17(30)12-15)23(26(34)28(32)35)25(33)21-13-16-7-5-9-20(36-2)27(16)38-21/h4-14,24,34H,3H2,1-2H3. The van der Waals surface area contributed by atoms with Gasteiger partial charge in [0.25, 0.3) is 5.91 Å². The molecular weight excluding hydrogens is 540 g/mol. The summed E-state index contributed by atoms with van der Waals surface area (Å²) in [6.07, 6.45) is 0. The third-order valence-corrected chi connectivity index (χ3v) is 7.69. The fraction of sp³-hybridized carbons (Fsp3) is 0.138. The van der Waals surface area contributed by atoms with Gasteiger partial charge < -0.3 is 19.0 Å². The number of anilines is 1. The van der Waals surface area contributed by atoms with Crippen LogP contribution in [-0.2, 0) is 4.79 Å². The van der Waals surface area contributed by atoms with Crippen molar-refractivity contribution in [2.24, 2.45) is 0 Å². The summed E-state index contributed by atoms with van der Waals surface area (Å²) in [5.74, 6) is -0.958. The second kappa shape index (κ2) is 9.76. The first-order chi connectivity index (χ1) is 18.9. The first-order valence-corrected chi connectivity index (χ1v) is 13.3. The van der Waals surface area contributed by atoms with Gasteiger partial charge in [0.1, 0.15) is 5.75 Å². The molecule has 3 heterocycles. The number of thiazole rings is 1. The van der Waals surface area contributed by atoms with E-state index in [1.54, 1.807) is 60.7 Å². The molecule has 6 rings (SSSR count). The number of fused-ring (bicyclic) bond motifs is 2. The van der Waals surface area contributed by atoms with E-state index in [0.29, 0.717) is 50.3 Å². The molecule has 8 nitrogen and oxygen atoms in total. The number of aliphatic hydroxyl groups excluding tert-OH is 1. The fourth-order valence-electron chi connectivity index (χ4n) is 4.72. The van der Waals surface area contributed by atoms with Crippen LogP contribution < -0.4 is 14.4 Å². The highest BCUT2D eigenvalue weighted by atomic mass is 35.5. The molecule has 1 amide bonds. The van der Waals surface area contributed by atoms with Gasteiger partial charge in [-0.3, -0.25) is 14.5 Å². The average molecular weight is 561 g/mol. The maximum Gasteiger partial charge on any atom is 0.296 e. The van der Waals surface area contributed by atoms with Gasteiger partial charge in [0, 0.05) is 10.4 Å². The molecule has 0 radical (unpaired) electrons. The number of aromatic nitrogens is 1. The number of methoxy groups -OCH3 is 1. The molecule has 2 aromatic heterocycles. The highest BCUT2D eigenvalue weighted by Gasteiger charge is 2.46.